The van der Waals surface area contributed by atoms with Crippen LogP contribution in [0.1, 0.15) is 30.9 Å². The fourth-order valence-corrected chi connectivity index (χ4v) is 3.84. The smallest absolute Gasteiger partial charge is 0.315 e. The van der Waals surface area contributed by atoms with Gasteiger partial charge in [0, 0.05) is 37.3 Å². The van der Waals surface area contributed by atoms with Crippen molar-refractivity contribution in [3.63, 3.8) is 0 Å². The van der Waals surface area contributed by atoms with Gasteiger partial charge in [-0.2, -0.15) is 0 Å². The van der Waals surface area contributed by atoms with Crippen LogP contribution in [0.4, 0.5) is 18.0 Å². The molecule has 0 bridgehead atoms. The largest absolute Gasteiger partial charge is 0.494 e. The predicted molar refractivity (Wildman–Crippen MR) is 112 cm³/mol. The second-order valence-electron chi connectivity index (χ2n) is 7.94. The third kappa shape index (κ3) is 6.37. The van der Waals surface area contributed by atoms with Gasteiger partial charge in [-0.25, -0.2) is 18.0 Å². The van der Waals surface area contributed by atoms with E-state index in [2.05, 4.69) is 15.5 Å². The number of amides is 2. The molecule has 2 amide bonds. The molecule has 0 radical (unpaired) electrons. The molecule has 168 valence electrons. The summed E-state index contributed by atoms with van der Waals surface area (Å²) < 4.78 is 46.3. The summed E-state index contributed by atoms with van der Waals surface area (Å²) in [4.78, 5) is 14.5. The van der Waals surface area contributed by atoms with E-state index in [-0.39, 0.29) is 35.6 Å². The number of halogens is 3. The molecular weight excluding hydrogens is 407 g/mol. The van der Waals surface area contributed by atoms with Gasteiger partial charge in [0.25, 0.3) is 0 Å². The Morgan fingerprint density at radius 2 is 1.81 bits per heavy atom. The summed E-state index contributed by atoms with van der Waals surface area (Å²) in [5.41, 5.74) is 0.843. The summed E-state index contributed by atoms with van der Waals surface area (Å²) in [7, 11) is 1.44. The lowest BCUT2D eigenvalue weighted by molar-refractivity contribution is 0.185. The summed E-state index contributed by atoms with van der Waals surface area (Å²) in [6.45, 7) is 3.89. The lowest BCUT2D eigenvalue weighted by atomic mass is 10.0. The molecule has 8 heteroatoms. The summed E-state index contributed by atoms with van der Waals surface area (Å²) >= 11 is 0. The van der Waals surface area contributed by atoms with Crippen molar-refractivity contribution in [3.05, 3.63) is 65.0 Å². The number of carbonyl (C=O) groups is 1. The van der Waals surface area contributed by atoms with Gasteiger partial charge in [0.2, 0.25) is 0 Å². The van der Waals surface area contributed by atoms with Crippen LogP contribution >= 0.6 is 0 Å². The monoisotopic (exact) mass is 435 g/mol. The molecule has 2 aromatic rings. The molecule has 1 unspecified atom stereocenters. The van der Waals surface area contributed by atoms with Crippen LogP contribution in [-0.4, -0.2) is 43.2 Å². The van der Waals surface area contributed by atoms with Crippen molar-refractivity contribution in [2.75, 3.05) is 20.2 Å². The Morgan fingerprint density at radius 3 is 2.42 bits per heavy atom. The zero-order valence-corrected chi connectivity index (χ0v) is 17.8. The average molecular weight is 435 g/mol. The lowest BCUT2D eigenvalue weighted by Gasteiger charge is -2.32. The molecule has 1 atom stereocenters. The topological polar surface area (TPSA) is 53.6 Å². The summed E-state index contributed by atoms with van der Waals surface area (Å²) in [6.07, 6.45) is 1.60. The predicted octanol–water partition coefficient (Wildman–Crippen LogP) is 4.01. The van der Waals surface area contributed by atoms with Gasteiger partial charge < -0.3 is 15.4 Å². The Bertz CT molecular complexity index is 881. The maximum atomic E-state index is 13.9. The zero-order valence-electron chi connectivity index (χ0n) is 17.8. The Kier molecular flexibility index (Phi) is 7.79. The Balaban J connectivity index is 1.42. The molecule has 31 heavy (non-hydrogen) atoms. The van der Waals surface area contributed by atoms with Crippen LogP contribution in [0.5, 0.6) is 5.75 Å². The number of nitrogens with one attached hydrogen (secondary N) is 2. The molecule has 0 spiro atoms. The highest BCUT2D eigenvalue weighted by atomic mass is 19.1. The molecule has 5 nitrogen and oxygen atoms in total. The number of ether oxygens (including phenoxy) is 1. The van der Waals surface area contributed by atoms with Crippen molar-refractivity contribution >= 4 is 6.03 Å². The lowest BCUT2D eigenvalue weighted by Crippen LogP contribution is -2.49. The first-order valence-corrected chi connectivity index (χ1v) is 10.4. The SMILES string of the molecule is COc1ccc(CN2CCC(NC(=O)NC(C)Cc3c(F)cccc3F)CC2)cc1F. The minimum atomic E-state index is -0.613. The first-order chi connectivity index (χ1) is 14.9. The van der Waals surface area contributed by atoms with Gasteiger partial charge in [0.1, 0.15) is 11.6 Å². The van der Waals surface area contributed by atoms with E-state index in [9.17, 15) is 18.0 Å². The highest BCUT2D eigenvalue weighted by Crippen LogP contribution is 2.20. The number of methoxy groups -OCH3 is 1. The first-order valence-electron chi connectivity index (χ1n) is 10.4. The second kappa shape index (κ2) is 10.5. The van der Waals surface area contributed by atoms with E-state index >= 15 is 0 Å². The van der Waals surface area contributed by atoms with E-state index in [4.69, 9.17) is 4.74 Å². The molecule has 0 aliphatic carbocycles. The second-order valence-corrected chi connectivity index (χ2v) is 7.94. The molecular formula is C23H28F3N3O2. The summed E-state index contributed by atoms with van der Waals surface area (Å²) in [5, 5.41) is 5.68. The number of nitrogens with zero attached hydrogens (tertiary/aromatic N) is 1. The van der Waals surface area contributed by atoms with Crippen molar-refractivity contribution in [1.29, 1.82) is 0 Å². The molecule has 0 aromatic heterocycles. The van der Waals surface area contributed by atoms with Gasteiger partial charge in [-0.15, -0.1) is 0 Å². The van der Waals surface area contributed by atoms with Crippen molar-refractivity contribution < 1.29 is 22.7 Å². The van der Waals surface area contributed by atoms with Crippen LogP contribution in [-0.2, 0) is 13.0 Å². The van der Waals surface area contributed by atoms with E-state index in [1.807, 2.05) is 6.07 Å². The minimum absolute atomic E-state index is 0.0150. The van der Waals surface area contributed by atoms with Crippen LogP contribution in [0.2, 0.25) is 0 Å². The standard InChI is InChI=1S/C23H28F3N3O2/c1-15(12-18-19(24)4-3-5-20(18)25)27-23(30)28-17-8-10-29(11-9-17)14-16-6-7-22(31-2)21(26)13-16/h3-7,13,15,17H,8-12,14H2,1-2H3,(H2,27,28,30). The number of benzene rings is 2. The van der Waals surface area contributed by atoms with Crippen LogP contribution < -0.4 is 15.4 Å². The van der Waals surface area contributed by atoms with Crippen LogP contribution in [0, 0.1) is 17.5 Å². The molecule has 0 saturated carbocycles. The van der Waals surface area contributed by atoms with Gasteiger partial charge in [0.05, 0.1) is 7.11 Å². The fourth-order valence-electron chi connectivity index (χ4n) is 3.84. The maximum absolute atomic E-state index is 13.9. The van der Waals surface area contributed by atoms with Crippen LogP contribution in [0.25, 0.3) is 0 Å². The number of urea groups is 1. The number of piperidine rings is 1. The Hall–Kier alpha value is -2.74. The average Bonchev–Trinajstić information content (AvgIpc) is 2.72. The van der Waals surface area contributed by atoms with Crippen molar-refractivity contribution in [3.8, 4) is 5.75 Å². The van der Waals surface area contributed by atoms with E-state index < -0.39 is 17.7 Å². The van der Waals surface area contributed by atoms with E-state index in [0.29, 0.717) is 6.54 Å². The van der Waals surface area contributed by atoms with Gasteiger partial charge in [0.15, 0.2) is 11.6 Å². The normalized spacial score (nSPS) is 16.0. The third-order valence-electron chi connectivity index (χ3n) is 5.49. The molecule has 1 saturated heterocycles. The Labute approximate surface area is 180 Å². The Morgan fingerprint density at radius 1 is 1.13 bits per heavy atom. The molecule has 2 aromatic carbocycles. The first kappa shape index (κ1) is 22.9. The quantitative estimate of drug-likeness (QED) is 0.691. The van der Waals surface area contributed by atoms with Gasteiger partial charge in [-0.05, 0) is 56.0 Å². The number of hydrogen-bond donors (Lipinski definition) is 2. The molecule has 1 aliphatic heterocycles. The number of hydrogen-bond acceptors (Lipinski definition) is 3. The van der Waals surface area contributed by atoms with Crippen molar-refractivity contribution in [2.24, 2.45) is 0 Å². The minimum Gasteiger partial charge on any atom is -0.494 e. The number of likely N-dealkylation sites (tertiary alicyclic amines) is 1. The molecule has 2 N–H and O–H groups in total. The zero-order chi connectivity index (χ0) is 22.4. The molecule has 1 heterocycles. The van der Waals surface area contributed by atoms with Crippen molar-refractivity contribution in [1.82, 2.24) is 15.5 Å². The number of carbonyl (C=O) groups excluding carboxylic acids is 1. The maximum Gasteiger partial charge on any atom is 0.315 e. The van der Waals surface area contributed by atoms with E-state index in [1.165, 1.54) is 31.4 Å². The van der Waals surface area contributed by atoms with Gasteiger partial charge in [-0.3, -0.25) is 4.90 Å². The fraction of sp³-hybridized carbons (Fsp3) is 0.435. The van der Waals surface area contributed by atoms with Gasteiger partial charge >= 0.3 is 6.03 Å². The molecule has 3 rings (SSSR count). The van der Waals surface area contributed by atoms with Crippen molar-refractivity contribution in [2.45, 2.75) is 44.8 Å². The highest BCUT2D eigenvalue weighted by Gasteiger charge is 2.22. The third-order valence-corrected chi connectivity index (χ3v) is 5.49. The van der Waals surface area contributed by atoms with Gasteiger partial charge in [-0.1, -0.05) is 12.1 Å². The number of rotatable bonds is 7. The molecule has 1 fully saturated rings. The van der Waals surface area contributed by atoms with E-state index in [0.717, 1.165) is 31.5 Å². The summed E-state index contributed by atoms with van der Waals surface area (Å²) in [6, 6.07) is 7.93. The molecule has 1 aliphatic rings. The highest BCUT2D eigenvalue weighted by molar-refractivity contribution is 5.74. The summed E-state index contributed by atoms with van der Waals surface area (Å²) in [5.74, 6) is -1.38. The van der Waals surface area contributed by atoms with Crippen LogP contribution in [0.3, 0.4) is 0 Å². The van der Waals surface area contributed by atoms with E-state index in [1.54, 1.807) is 13.0 Å². The van der Waals surface area contributed by atoms with Crippen LogP contribution in [0.15, 0.2) is 36.4 Å².